The van der Waals surface area contributed by atoms with E-state index in [0.29, 0.717) is 43.0 Å². The fourth-order valence-corrected chi connectivity index (χ4v) is 3.31. The first-order valence-corrected chi connectivity index (χ1v) is 12.1. The standard InChI is InChI=1S/C18H29N3O5S2/c1-21(28(4,24)25)12-7-11-19-18(23)15(10-13-27-3)20-17(22)14-8-5-6-9-16(14)26-2/h5-6,8-9,15H,7,10-13H2,1-4H3,(H,19,23)(H,20,22). The van der Waals surface area contributed by atoms with Crippen molar-refractivity contribution in [2.75, 3.05) is 45.5 Å². The van der Waals surface area contributed by atoms with E-state index in [4.69, 9.17) is 4.74 Å². The number of nitrogens with zero attached hydrogens (tertiary/aromatic N) is 1. The van der Waals surface area contributed by atoms with Crippen LogP contribution in [-0.4, -0.2) is 76.1 Å². The third-order valence-electron chi connectivity index (χ3n) is 4.10. The number of carbonyl (C=O) groups is 2. The van der Waals surface area contributed by atoms with Gasteiger partial charge in [-0.05, 0) is 37.0 Å². The molecule has 0 radical (unpaired) electrons. The molecule has 1 aromatic carbocycles. The second-order valence-corrected chi connectivity index (χ2v) is 9.31. The van der Waals surface area contributed by atoms with Gasteiger partial charge in [0.2, 0.25) is 15.9 Å². The second kappa shape index (κ2) is 11.9. The zero-order valence-corrected chi connectivity index (χ0v) is 18.4. The Balaban J connectivity index is 2.66. The van der Waals surface area contributed by atoms with Crippen LogP contribution in [0.1, 0.15) is 23.2 Å². The number of carbonyl (C=O) groups excluding carboxylic acids is 2. The van der Waals surface area contributed by atoms with Crippen molar-refractivity contribution in [1.82, 2.24) is 14.9 Å². The maximum absolute atomic E-state index is 12.6. The van der Waals surface area contributed by atoms with Gasteiger partial charge in [0.05, 0.1) is 18.9 Å². The number of hydrogen-bond acceptors (Lipinski definition) is 6. The van der Waals surface area contributed by atoms with Gasteiger partial charge in [0, 0.05) is 20.1 Å². The van der Waals surface area contributed by atoms with Crippen LogP contribution >= 0.6 is 11.8 Å². The molecule has 2 N–H and O–H groups in total. The molecule has 0 saturated heterocycles. The van der Waals surface area contributed by atoms with E-state index in [1.165, 1.54) is 18.5 Å². The summed E-state index contributed by atoms with van der Waals surface area (Å²) in [6.07, 6.45) is 4.03. The Bertz CT molecular complexity index is 755. The van der Waals surface area contributed by atoms with Crippen LogP contribution in [0.2, 0.25) is 0 Å². The van der Waals surface area contributed by atoms with Gasteiger partial charge >= 0.3 is 0 Å². The highest BCUT2D eigenvalue weighted by atomic mass is 32.2. The Morgan fingerprint density at radius 2 is 1.96 bits per heavy atom. The summed E-state index contributed by atoms with van der Waals surface area (Å²) >= 11 is 1.58. The quantitative estimate of drug-likeness (QED) is 0.478. The minimum absolute atomic E-state index is 0.292. The average Bonchev–Trinajstić information content (AvgIpc) is 2.66. The molecule has 0 fully saturated rings. The van der Waals surface area contributed by atoms with Crippen molar-refractivity contribution in [2.45, 2.75) is 18.9 Å². The number of ether oxygens (including phenoxy) is 1. The van der Waals surface area contributed by atoms with E-state index in [-0.39, 0.29) is 11.8 Å². The maximum atomic E-state index is 12.6. The van der Waals surface area contributed by atoms with Gasteiger partial charge in [-0.3, -0.25) is 9.59 Å². The molecule has 1 unspecified atom stereocenters. The molecule has 0 heterocycles. The summed E-state index contributed by atoms with van der Waals surface area (Å²) in [5.41, 5.74) is 0.363. The second-order valence-electron chi connectivity index (χ2n) is 6.24. The zero-order valence-electron chi connectivity index (χ0n) is 16.7. The Kier molecular flexibility index (Phi) is 10.3. The molecule has 1 rings (SSSR count). The first-order chi connectivity index (χ1) is 13.2. The predicted molar refractivity (Wildman–Crippen MR) is 112 cm³/mol. The van der Waals surface area contributed by atoms with E-state index in [1.807, 2.05) is 6.26 Å². The summed E-state index contributed by atoms with van der Waals surface area (Å²) in [5, 5.41) is 5.53. The van der Waals surface area contributed by atoms with E-state index in [0.717, 1.165) is 6.26 Å². The lowest BCUT2D eigenvalue weighted by molar-refractivity contribution is -0.123. The van der Waals surface area contributed by atoms with E-state index < -0.39 is 16.1 Å². The number of nitrogens with one attached hydrogen (secondary N) is 2. The molecular weight excluding hydrogens is 402 g/mol. The maximum Gasteiger partial charge on any atom is 0.255 e. The normalized spacial score (nSPS) is 12.5. The van der Waals surface area contributed by atoms with Gasteiger partial charge in [-0.15, -0.1) is 0 Å². The molecule has 10 heteroatoms. The number of hydrogen-bond donors (Lipinski definition) is 2. The van der Waals surface area contributed by atoms with Crippen molar-refractivity contribution in [3.05, 3.63) is 29.8 Å². The van der Waals surface area contributed by atoms with Crippen molar-refractivity contribution in [3.8, 4) is 5.75 Å². The van der Waals surface area contributed by atoms with Gasteiger partial charge in [-0.25, -0.2) is 12.7 Å². The minimum Gasteiger partial charge on any atom is -0.496 e. The van der Waals surface area contributed by atoms with Crippen molar-refractivity contribution in [1.29, 1.82) is 0 Å². The van der Waals surface area contributed by atoms with Crippen LogP contribution in [-0.2, 0) is 14.8 Å². The molecule has 0 saturated carbocycles. The summed E-state index contributed by atoms with van der Waals surface area (Å²) in [6, 6.07) is 6.13. The number of methoxy groups -OCH3 is 1. The van der Waals surface area contributed by atoms with Gasteiger partial charge in [-0.2, -0.15) is 11.8 Å². The number of benzene rings is 1. The van der Waals surface area contributed by atoms with Gasteiger partial charge in [-0.1, -0.05) is 12.1 Å². The van der Waals surface area contributed by atoms with Crippen molar-refractivity contribution in [2.24, 2.45) is 0 Å². The van der Waals surface area contributed by atoms with Crippen molar-refractivity contribution in [3.63, 3.8) is 0 Å². The number of thioether (sulfide) groups is 1. The van der Waals surface area contributed by atoms with Crippen molar-refractivity contribution < 1.29 is 22.7 Å². The molecule has 1 atom stereocenters. The molecule has 1 aromatic rings. The highest BCUT2D eigenvalue weighted by molar-refractivity contribution is 7.98. The SMILES string of the molecule is COc1ccccc1C(=O)NC(CCSC)C(=O)NCCCN(C)S(C)(=O)=O. The largest absolute Gasteiger partial charge is 0.496 e. The third kappa shape index (κ3) is 8.07. The summed E-state index contributed by atoms with van der Waals surface area (Å²) in [5.74, 6) is 0.476. The Morgan fingerprint density at radius 3 is 2.57 bits per heavy atom. The van der Waals surface area contributed by atoms with Gasteiger partial charge in [0.1, 0.15) is 11.8 Å². The van der Waals surface area contributed by atoms with Crippen LogP contribution in [0, 0.1) is 0 Å². The van der Waals surface area contributed by atoms with Crippen molar-refractivity contribution >= 4 is 33.6 Å². The molecule has 0 bridgehead atoms. The number of para-hydroxylation sites is 1. The highest BCUT2D eigenvalue weighted by Gasteiger charge is 2.22. The number of sulfonamides is 1. The van der Waals surface area contributed by atoms with Crippen LogP contribution in [0.3, 0.4) is 0 Å². The smallest absolute Gasteiger partial charge is 0.255 e. The monoisotopic (exact) mass is 431 g/mol. The van der Waals surface area contributed by atoms with Gasteiger partial charge in [0.25, 0.3) is 5.91 Å². The molecule has 28 heavy (non-hydrogen) atoms. The lowest BCUT2D eigenvalue weighted by Gasteiger charge is -2.19. The lowest BCUT2D eigenvalue weighted by Crippen LogP contribution is -2.47. The fourth-order valence-electron chi connectivity index (χ4n) is 2.38. The zero-order chi connectivity index (χ0) is 21.2. The minimum atomic E-state index is -3.24. The molecule has 158 valence electrons. The van der Waals surface area contributed by atoms with E-state index in [2.05, 4.69) is 10.6 Å². The predicted octanol–water partition coefficient (Wildman–Crippen LogP) is 0.944. The van der Waals surface area contributed by atoms with Crippen LogP contribution in [0.5, 0.6) is 5.75 Å². The number of rotatable bonds is 12. The van der Waals surface area contributed by atoms with Crippen LogP contribution in [0.15, 0.2) is 24.3 Å². The molecule has 0 aliphatic carbocycles. The van der Waals surface area contributed by atoms with Gasteiger partial charge < -0.3 is 15.4 Å². The molecular formula is C18H29N3O5S2. The Hall–Kier alpha value is -1.78. The van der Waals surface area contributed by atoms with Gasteiger partial charge in [0.15, 0.2) is 0 Å². The topological polar surface area (TPSA) is 105 Å². The molecule has 0 aliphatic rings. The summed E-state index contributed by atoms with van der Waals surface area (Å²) in [6.45, 7) is 0.626. The van der Waals surface area contributed by atoms with E-state index in [9.17, 15) is 18.0 Å². The molecule has 8 nitrogen and oxygen atoms in total. The first-order valence-electron chi connectivity index (χ1n) is 8.82. The summed E-state index contributed by atoms with van der Waals surface area (Å²) < 4.78 is 29.2. The van der Waals surface area contributed by atoms with E-state index in [1.54, 1.807) is 36.0 Å². The Morgan fingerprint density at radius 1 is 1.29 bits per heavy atom. The average molecular weight is 432 g/mol. The Labute approximate surface area is 171 Å². The number of amides is 2. The first kappa shape index (κ1) is 24.3. The molecule has 0 aromatic heterocycles. The fraction of sp³-hybridized carbons (Fsp3) is 0.556. The third-order valence-corrected chi connectivity index (χ3v) is 6.06. The van der Waals surface area contributed by atoms with E-state index >= 15 is 0 Å². The molecule has 0 spiro atoms. The highest BCUT2D eigenvalue weighted by Crippen LogP contribution is 2.17. The van der Waals surface area contributed by atoms with Crippen LogP contribution in [0.25, 0.3) is 0 Å². The van der Waals surface area contributed by atoms with Crippen LogP contribution in [0.4, 0.5) is 0 Å². The summed E-state index contributed by atoms with van der Waals surface area (Å²) in [7, 11) is -0.260. The molecule has 0 aliphatic heterocycles. The summed E-state index contributed by atoms with van der Waals surface area (Å²) in [4.78, 5) is 25.1. The van der Waals surface area contributed by atoms with Crippen LogP contribution < -0.4 is 15.4 Å². The molecule has 2 amide bonds. The lowest BCUT2D eigenvalue weighted by atomic mass is 10.1.